The van der Waals surface area contributed by atoms with Gasteiger partial charge in [0.25, 0.3) is 0 Å². The summed E-state index contributed by atoms with van der Waals surface area (Å²) in [6.45, 7) is 0. The van der Waals surface area contributed by atoms with Gasteiger partial charge in [0.15, 0.2) is 6.29 Å². The number of hydrogen-bond donors (Lipinski definition) is 0. The van der Waals surface area contributed by atoms with E-state index in [2.05, 4.69) is 16.6 Å². The first-order valence-electron chi connectivity index (χ1n) is 5.44. The number of methoxy groups -OCH3 is 3. The van der Waals surface area contributed by atoms with Crippen LogP contribution in [0.1, 0.15) is 22.3 Å². The molecular formula is C14H16O4. The molecule has 0 saturated carbocycles. The van der Waals surface area contributed by atoms with E-state index in [1.807, 2.05) is 0 Å². The van der Waals surface area contributed by atoms with Crippen molar-refractivity contribution in [3.05, 3.63) is 35.4 Å². The van der Waals surface area contributed by atoms with Crippen molar-refractivity contribution in [1.29, 1.82) is 0 Å². The molecule has 1 rings (SSSR count). The lowest BCUT2D eigenvalue weighted by Gasteiger charge is -2.08. The lowest BCUT2D eigenvalue weighted by Crippen LogP contribution is -2.11. The summed E-state index contributed by atoms with van der Waals surface area (Å²) < 4.78 is 14.6. The summed E-state index contributed by atoms with van der Waals surface area (Å²) in [4.78, 5) is 11.2. The number of carbonyl (C=O) groups is 1. The van der Waals surface area contributed by atoms with Crippen LogP contribution in [0.15, 0.2) is 24.3 Å². The van der Waals surface area contributed by atoms with E-state index in [0.717, 1.165) is 5.56 Å². The number of ether oxygens (including phenoxy) is 3. The first-order chi connectivity index (χ1) is 8.71. The fourth-order valence-electron chi connectivity index (χ4n) is 1.31. The maximum Gasteiger partial charge on any atom is 0.337 e. The van der Waals surface area contributed by atoms with E-state index >= 15 is 0 Å². The van der Waals surface area contributed by atoms with Gasteiger partial charge in [-0.05, 0) is 24.3 Å². The quantitative estimate of drug-likeness (QED) is 0.463. The van der Waals surface area contributed by atoms with Gasteiger partial charge < -0.3 is 14.2 Å². The van der Waals surface area contributed by atoms with Gasteiger partial charge >= 0.3 is 5.97 Å². The second-order valence-corrected chi connectivity index (χ2v) is 3.48. The summed E-state index contributed by atoms with van der Waals surface area (Å²) in [6, 6.07) is 6.90. The van der Waals surface area contributed by atoms with Gasteiger partial charge in [-0.2, -0.15) is 0 Å². The Kier molecular flexibility index (Phi) is 5.92. The third kappa shape index (κ3) is 4.21. The van der Waals surface area contributed by atoms with Crippen LogP contribution < -0.4 is 0 Å². The smallest absolute Gasteiger partial charge is 0.337 e. The zero-order chi connectivity index (χ0) is 13.4. The topological polar surface area (TPSA) is 44.8 Å². The van der Waals surface area contributed by atoms with Crippen molar-refractivity contribution in [2.75, 3.05) is 21.3 Å². The molecule has 4 heteroatoms. The van der Waals surface area contributed by atoms with Gasteiger partial charge in [-0.25, -0.2) is 4.79 Å². The van der Waals surface area contributed by atoms with Crippen molar-refractivity contribution in [3.63, 3.8) is 0 Å². The Morgan fingerprint density at radius 1 is 1.17 bits per heavy atom. The van der Waals surface area contributed by atoms with Crippen molar-refractivity contribution in [2.24, 2.45) is 0 Å². The van der Waals surface area contributed by atoms with E-state index in [1.165, 1.54) is 7.11 Å². The van der Waals surface area contributed by atoms with Crippen LogP contribution in [0.2, 0.25) is 0 Å². The molecule has 0 saturated heterocycles. The molecule has 0 aliphatic heterocycles. The van der Waals surface area contributed by atoms with Crippen molar-refractivity contribution >= 4 is 5.97 Å². The van der Waals surface area contributed by atoms with Crippen LogP contribution in [-0.2, 0) is 14.2 Å². The van der Waals surface area contributed by atoms with Crippen LogP contribution in [-0.4, -0.2) is 33.6 Å². The largest absolute Gasteiger partial charge is 0.465 e. The predicted octanol–water partition coefficient (Wildman–Crippen LogP) is 1.83. The molecule has 18 heavy (non-hydrogen) atoms. The zero-order valence-corrected chi connectivity index (χ0v) is 10.7. The summed E-state index contributed by atoms with van der Waals surface area (Å²) in [5, 5.41) is 0. The van der Waals surface area contributed by atoms with Crippen molar-refractivity contribution in [2.45, 2.75) is 12.7 Å². The number of hydrogen-bond acceptors (Lipinski definition) is 4. The highest BCUT2D eigenvalue weighted by molar-refractivity contribution is 5.89. The molecular weight excluding hydrogens is 232 g/mol. The van der Waals surface area contributed by atoms with Crippen LogP contribution in [0, 0.1) is 11.8 Å². The van der Waals surface area contributed by atoms with E-state index in [0.29, 0.717) is 12.0 Å². The second kappa shape index (κ2) is 7.49. The Balaban J connectivity index is 2.64. The molecule has 96 valence electrons. The van der Waals surface area contributed by atoms with Crippen LogP contribution >= 0.6 is 0 Å². The first-order valence-corrected chi connectivity index (χ1v) is 5.44. The van der Waals surface area contributed by atoms with Gasteiger partial charge in [-0.1, -0.05) is 11.8 Å². The van der Waals surface area contributed by atoms with Gasteiger partial charge in [0.05, 0.1) is 19.1 Å². The molecule has 4 nitrogen and oxygen atoms in total. The lowest BCUT2D eigenvalue weighted by molar-refractivity contribution is -0.0972. The average molecular weight is 248 g/mol. The van der Waals surface area contributed by atoms with Crippen LogP contribution in [0.25, 0.3) is 0 Å². The Labute approximate surface area is 107 Å². The third-order valence-electron chi connectivity index (χ3n) is 2.33. The summed E-state index contributed by atoms with van der Waals surface area (Å²) in [5.41, 5.74) is 1.34. The van der Waals surface area contributed by atoms with Crippen molar-refractivity contribution in [3.8, 4) is 11.8 Å². The molecule has 0 amide bonds. The van der Waals surface area contributed by atoms with E-state index in [1.54, 1.807) is 38.5 Å². The molecule has 1 aromatic carbocycles. The van der Waals surface area contributed by atoms with Crippen molar-refractivity contribution in [1.82, 2.24) is 0 Å². The SMILES string of the molecule is COC(=O)c1ccc(C#CCC(OC)OC)cc1. The Morgan fingerprint density at radius 2 is 1.78 bits per heavy atom. The van der Waals surface area contributed by atoms with Crippen LogP contribution in [0.5, 0.6) is 0 Å². The average Bonchev–Trinajstić information content (AvgIpc) is 2.43. The third-order valence-corrected chi connectivity index (χ3v) is 2.33. The van der Waals surface area contributed by atoms with Gasteiger partial charge in [0, 0.05) is 19.8 Å². The van der Waals surface area contributed by atoms with Gasteiger partial charge in [-0.15, -0.1) is 0 Å². The minimum atomic E-state index is -0.353. The van der Waals surface area contributed by atoms with Crippen LogP contribution in [0.3, 0.4) is 0 Å². The molecule has 0 fully saturated rings. The molecule has 0 unspecified atom stereocenters. The summed E-state index contributed by atoms with van der Waals surface area (Å²) in [7, 11) is 4.49. The Morgan fingerprint density at radius 3 is 2.28 bits per heavy atom. The summed E-state index contributed by atoms with van der Waals surface area (Å²) in [5.74, 6) is 5.56. The first kappa shape index (κ1) is 14.2. The molecule has 0 N–H and O–H groups in total. The molecule has 0 heterocycles. The number of benzene rings is 1. The summed E-state index contributed by atoms with van der Waals surface area (Å²) in [6.07, 6.45) is 0.179. The van der Waals surface area contributed by atoms with Gasteiger partial charge in [0.1, 0.15) is 0 Å². The fraction of sp³-hybridized carbons (Fsp3) is 0.357. The Hall–Kier alpha value is -1.83. The normalized spacial score (nSPS) is 9.78. The highest BCUT2D eigenvalue weighted by atomic mass is 16.7. The van der Waals surface area contributed by atoms with Gasteiger partial charge in [0.2, 0.25) is 0 Å². The highest BCUT2D eigenvalue weighted by Crippen LogP contribution is 2.05. The molecule has 0 spiro atoms. The molecule has 0 atom stereocenters. The number of esters is 1. The maximum atomic E-state index is 11.2. The minimum absolute atomic E-state index is 0.313. The zero-order valence-electron chi connectivity index (χ0n) is 10.7. The van der Waals surface area contributed by atoms with E-state index < -0.39 is 0 Å². The van der Waals surface area contributed by atoms with E-state index in [-0.39, 0.29) is 12.3 Å². The highest BCUT2D eigenvalue weighted by Gasteiger charge is 2.03. The van der Waals surface area contributed by atoms with E-state index in [4.69, 9.17) is 9.47 Å². The standard InChI is InChI=1S/C14H16O4/c1-16-13(17-2)6-4-5-11-7-9-12(10-8-11)14(15)18-3/h7-10,13H,6H2,1-3H3. The molecule has 0 aliphatic rings. The molecule has 0 bridgehead atoms. The van der Waals surface area contributed by atoms with Gasteiger partial charge in [-0.3, -0.25) is 0 Å². The lowest BCUT2D eigenvalue weighted by atomic mass is 10.1. The molecule has 0 aliphatic carbocycles. The molecule has 1 aromatic rings. The monoisotopic (exact) mass is 248 g/mol. The van der Waals surface area contributed by atoms with Crippen LogP contribution in [0.4, 0.5) is 0 Å². The second-order valence-electron chi connectivity index (χ2n) is 3.48. The summed E-state index contributed by atoms with van der Waals surface area (Å²) >= 11 is 0. The number of carbonyl (C=O) groups excluding carboxylic acids is 1. The number of rotatable bonds is 4. The molecule has 0 radical (unpaired) electrons. The predicted molar refractivity (Wildman–Crippen MR) is 67.1 cm³/mol. The van der Waals surface area contributed by atoms with E-state index in [9.17, 15) is 4.79 Å². The minimum Gasteiger partial charge on any atom is -0.465 e. The Bertz CT molecular complexity index is 435. The van der Waals surface area contributed by atoms with Crippen molar-refractivity contribution < 1.29 is 19.0 Å². The molecule has 0 aromatic heterocycles. The maximum absolute atomic E-state index is 11.2. The fourth-order valence-corrected chi connectivity index (χ4v) is 1.31.